The van der Waals surface area contributed by atoms with Gasteiger partial charge in [0.05, 0.1) is 13.1 Å². The zero-order valence-electron chi connectivity index (χ0n) is 13.9. The van der Waals surface area contributed by atoms with E-state index in [1.165, 1.54) is 6.08 Å². The van der Waals surface area contributed by atoms with Crippen LogP contribution in [0.4, 0.5) is 4.79 Å². The summed E-state index contributed by atoms with van der Waals surface area (Å²) in [5.41, 5.74) is 0. The van der Waals surface area contributed by atoms with Gasteiger partial charge in [-0.15, -0.1) is 0 Å². The lowest BCUT2D eigenvalue weighted by molar-refractivity contribution is -0.696. The van der Waals surface area contributed by atoms with Crippen LogP contribution in [0.5, 0.6) is 0 Å². The van der Waals surface area contributed by atoms with Crippen molar-refractivity contribution in [1.29, 1.82) is 0 Å². The van der Waals surface area contributed by atoms with E-state index in [1.54, 1.807) is 0 Å². The smallest absolute Gasteiger partial charge is 0.407 e. The number of alkyl carbamates (subject to hydrolysis) is 1. The molecule has 0 aliphatic carbocycles. The first-order valence-electron chi connectivity index (χ1n) is 8.25. The Bertz CT molecular complexity index is 495. The highest BCUT2D eigenvalue weighted by atomic mass is 16.5. The van der Waals surface area contributed by atoms with Gasteiger partial charge in [0, 0.05) is 6.54 Å². The number of unbranched alkanes of at least 4 members (excludes halogenated alkanes) is 3. The highest BCUT2D eigenvalue weighted by Crippen LogP contribution is 1.99. The van der Waals surface area contributed by atoms with E-state index in [1.807, 2.05) is 23.3 Å². The number of rotatable bonds is 12. The predicted molar refractivity (Wildman–Crippen MR) is 85.7 cm³/mol. The normalized spacial score (nSPS) is 10.1. The molecule has 0 bridgehead atoms. The van der Waals surface area contributed by atoms with E-state index < -0.39 is 0 Å². The molecule has 1 N–H and O–H groups in total. The number of nitrogens with one attached hydrogen (secondary N) is 1. The van der Waals surface area contributed by atoms with E-state index in [-0.39, 0.29) is 6.09 Å². The van der Waals surface area contributed by atoms with Gasteiger partial charge in [0.2, 0.25) is 12.4 Å². The van der Waals surface area contributed by atoms with Crippen LogP contribution in [-0.2, 0) is 22.6 Å². The number of hydrogen-bond acceptors (Lipinski definition) is 4. The third kappa shape index (κ3) is 9.47. The van der Waals surface area contributed by atoms with Crippen molar-refractivity contribution in [3.63, 3.8) is 0 Å². The van der Waals surface area contributed by atoms with Gasteiger partial charge in [0.25, 0.3) is 0 Å². The van der Waals surface area contributed by atoms with E-state index in [0.717, 1.165) is 38.6 Å². The molecule has 0 aliphatic heterocycles. The molecule has 0 unspecified atom stereocenters. The number of carbonyl (C=O) groups is 1. The van der Waals surface area contributed by atoms with Crippen molar-refractivity contribution in [3.8, 4) is 0 Å². The molecule has 0 spiro atoms. The summed E-state index contributed by atoms with van der Waals surface area (Å²) in [6.45, 7) is 5.29. The Kier molecular flexibility index (Phi) is 10.2. The van der Waals surface area contributed by atoms with Crippen molar-refractivity contribution in [1.82, 2.24) is 9.88 Å². The van der Waals surface area contributed by atoms with Crippen LogP contribution in [0.25, 0.3) is 0 Å². The zero-order valence-corrected chi connectivity index (χ0v) is 13.9. The zero-order chi connectivity index (χ0) is 16.8. The van der Waals surface area contributed by atoms with Gasteiger partial charge in [0.1, 0.15) is 25.5 Å². The van der Waals surface area contributed by atoms with E-state index in [2.05, 4.69) is 21.8 Å². The number of carbonyl (C=O) groups excluding carboxylic acids is 2. The number of aliphatic imine (C=N–C) groups is 1. The molecule has 0 saturated heterocycles. The van der Waals surface area contributed by atoms with Crippen molar-refractivity contribution in [2.24, 2.45) is 4.99 Å². The Hall–Kier alpha value is -2.14. The minimum Gasteiger partial charge on any atom is -0.445 e. The molecule has 0 atom stereocenters. The maximum absolute atomic E-state index is 11.5. The van der Waals surface area contributed by atoms with Crippen LogP contribution in [0, 0.1) is 0 Å². The summed E-state index contributed by atoms with van der Waals surface area (Å²) in [5.74, 6) is 0. The summed E-state index contributed by atoms with van der Waals surface area (Å²) >= 11 is 0. The number of imidazole rings is 1. The molecule has 0 saturated carbocycles. The second-order valence-electron chi connectivity index (χ2n) is 5.34. The minimum absolute atomic E-state index is 0.357. The number of aryl methyl sites for hydroxylation is 1. The first-order chi connectivity index (χ1) is 11.3. The summed E-state index contributed by atoms with van der Waals surface area (Å²) in [6, 6.07) is 0. The fourth-order valence-electron chi connectivity index (χ4n) is 2.16. The fraction of sp³-hybridized carbons (Fsp3) is 0.688. The molecule has 23 heavy (non-hydrogen) atoms. The molecule has 0 fully saturated rings. The van der Waals surface area contributed by atoms with Gasteiger partial charge in [-0.2, -0.15) is 0 Å². The van der Waals surface area contributed by atoms with Crippen molar-refractivity contribution in [2.45, 2.75) is 52.1 Å². The van der Waals surface area contributed by atoms with E-state index >= 15 is 0 Å². The van der Waals surface area contributed by atoms with E-state index in [4.69, 9.17) is 4.74 Å². The topological polar surface area (TPSA) is 76.6 Å². The number of aromatic nitrogens is 2. The van der Waals surface area contributed by atoms with Gasteiger partial charge in [-0.05, 0) is 19.3 Å². The summed E-state index contributed by atoms with van der Waals surface area (Å²) in [5, 5.41) is 2.74. The molecule has 0 radical (unpaired) electrons. The molecular weight excluding hydrogens is 296 g/mol. The quantitative estimate of drug-likeness (QED) is 0.276. The molecule has 0 aliphatic rings. The molecule has 1 rings (SSSR count). The molecule has 128 valence electrons. The fourth-order valence-corrected chi connectivity index (χ4v) is 2.16. The molecule has 7 heteroatoms. The number of amides is 1. The van der Waals surface area contributed by atoms with Gasteiger partial charge in [-0.1, -0.05) is 19.8 Å². The van der Waals surface area contributed by atoms with E-state index in [9.17, 15) is 9.59 Å². The Morgan fingerprint density at radius 3 is 2.96 bits per heavy atom. The standard InChI is InChI=1S/C16H26N4O3/c1-2-9-19-10-11-20(15-19)12-13-23-16(22)18-8-6-4-3-5-7-17-14-21/h10-11,15H,2-9,12-13H2,1H3/p+1. The van der Waals surface area contributed by atoms with Crippen molar-refractivity contribution in [3.05, 3.63) is 18.7 Å². The Morgan fingerprint density at radius 2 is 2.17 bits per heavy atom. The average molecular weight is 323 g/mol. The maximum Gasteiger partial charge on any atom is 0.407 e. The van der Waals surface area contributed by atoms with Crippen LogP contribution in [0.3, 0.4) is 0 Å². The largest absolute Gasteiger partial charge is 0.445 e. The first kappa shape index (κ1) is 18.9. The van der Waals surface area contributed by atoms with Crippen molar-refractivity contribution >= 4 is 12.2 Å². The second kappa shape index (κ2) is 12.4. The van der Waals surface area contributed by atoms with Crippen LogP contribution < -0.4 is 9.88 Å². The van der Waals surface area contributed by atoms with Gasteiger partial charge in [-0.25, -0.2) is 23.7 Å². The number of isocyanates is 1. The van der Waals surface area contributed by atoms with Gasteiger partial charge in [0.15, 0.2) is 0 Å². The van der Waals surface area contributed by atoms with Crippen LogP contribution in [0.1, 0.15) is 39.0 Å². The maximum atomic E-state index is 11.5. The van der Waals surface area contributed by atoms with Crippen LogP contribution in [0.15, 0.2) is 23.7 Å². The second-order valence-corrected chi connectivity index (χ2v) is 5.34. The lowest BCUT2D eigenvalue weighted by Crippen LogP contribution is -2.30. The summed E-state index contributed by atoms with van der Waals surface area (Å²) in [4.78, 5) is 24.9. The highest BCUT2D eigenvalue weighted by molar-refractivity contribution is 5.66. The Balaban J connectivity index is 1.98. The third-order valence-electron chi connectivity index (χ3n) is 3.34. The predicted octanol–water partition coefficient (Wildman–Crippen LogP) is 1.81. The Labute approximate surface area is 137 Å². The Morgan fingerprint density at radius 1 is 1.35 bits per heavy atom. The average Bonchev–Trinajstić information content (AvgIpc) is 2.98. The number of nitrogens with zero attached hydrogens (tertiary/aromatic N) is 3. The lowest BCUT2D eigenvalue weighted by Gasteiger charge is -2.05. The van der Waals surface area contributed by atoms with Crippen LogP contribution in [-0.4, -0.2) is 36.4 Å². The van der Waals surface area contributed by atoms with Gasteiger partial charge >= 0.3 is 6.09 Å². The molecule has 1 heterocycles. The monoisotopic (exact) mass is 323 g/mol. The third-order valence-corrected chi connectivity index (χ3v) is 3.34. The van der Waals surface area contributed by atoms with E-state index in [0.29, 0.717) is 26.2 Å². The van der Waals surface area contributed by atoms with Crippen LogP contribution in [0.2, 0.25) is 0 Å². The molecule has 1 aromatic rings. The lowest BCUT2D eigenvalue weighted by atomic mass is 10.2. The molecule has 0 aromatic carbocycles. The summed E-state index contributed by atoms with van der Waals surface area (Å²) in [7, 11) is 0. The molecule has 1 amide bonds. The molecular formula is C16H27N4O3+. The van der Waals surface area contributed by atoms with Crippen molar-refractivity contribution in [2.75, 3.05) is 19.7 Å². The van der Waals surface area contributed by atoms with Crippen molar-refractivity contribution < 1.29 is 18.9 Å². The molecule has 7 nitrogen and oxygen atoms in total. The number of ether oxygens (including phenoxy) is 1. The number of hydrogen-bond donors (Lipinski definition) is 1. The van der Waals surface area contributed by atoms with Crippen LogP contribution >= 0.6 is 0 Å². The highest BCUT2D eigenvalue weighted by Gasteiger charge is 2.05. The first-order valence-corrected chi connectivity index (χ1v) is 8.25. The SMILES string of the molecule is CCC[n+]1ccn(CCOC(=O)NCCCCCCN=C=O)c1. The minimum atomic E-state index is -0.371. The summed E-state index contributed by atoms with van der Waals surface area (Å²) < 4.78 is 9.25. The summed E-state index contributed by atoms with van der Waals surface area (Å²) in [6.07, 6.45) is 12.0. The van der Waals surface area contributed by atoms with Gasteiger partial charge < -0.3 is 10.1 Å². The van der Waals surface area contributed by atoms with Gasteiger partial charge in [-0.3, -0.25) is 0 Å². The molecule has 1 aromatic heterocycles.